The summed E-state index contributed by atoms with van der Waals surface area (Å²) in [6, 6.07) is 0. The fourth-order valence-electron chi connectivity index (χ4n) is 1.63. The summed E-state index contributed by atoms with van der Waals surface area (Å²) in [5.74, 6) is 0.121. The summed E-state index contributed by atoms with van der Waals surface area (Å²) >= 11 is 0. The monoisotopic (exact) mass is 299 g/mol. The number of likely N-dealkylation sites (N-methyl/N-ethyl adjacent to an activating group) is 1. The van der Waals surface area contributed by atoms with Gasteiger partial charge in [-0.15, -0.1) is 0 Å². The zero-order chi connectivity index (χ0) is 16.2. The molecule has 8 nitrogen and oxygen atoms in total. The first kappa shape index (κ1) is 17.3. The topological polar surface area (TPSA) is 105 Å². The van der Waals surface area contributed by atoms with Crippen LogP contribution in [0, 0.1) is 0 Å². The predicted molar refractivity (Wildman–Crippen MR) is 83.9 cm³/mol. The maximum atomic E-state index is 11.9. The minimum Gasteiger partial charge on any atom is -0.383 e. The van der Waals surface area contributed by atoms with Gasteiger partial charge in [0.05, 0.1) is 13.2 Å². The van der Waals surface area contributed by atoms with E-state index in [-0.39, 0.29) is 23.6 Å². The molecule has 21 heavy (non-hydrogen) atoms. The zero-order valence-electron chi connectivity index (χ0n) is 13.3. The highest BCUT2D eigenvalue weighted by molar-refractivity contribution is 5.60. The van der Waals surface area contributed by atoms with E-state index in [0.29, 0.717) is 13.2 Å². The number of nitrogens with two attached hydrogens (primary N) is 1. The molecule has 0 bridgehead atoms. The Kier molecular flexibility index (Phi) is 5.56. The Morgan fingerprint density at radius 1 is 1.38 bits per heavy atom. The molecule has 0 radical (unpaired) electrons. The largest absolute Gasteiger partial charge is 0.383 e. The van der Waals surface area contributed by atoms with Gasteiger partial charge in [0.2, 0.25) is 0 Å². The van der Waals surface area contributed by atoms with E-state index in [1.807, 2.05) is 32.8 Å². The van der Waals surface area contributed by atoms with Crippen molar-refractivity contribution in [1.82, 2.24) is 14.5 Å². The van der Waals surface area contributed by atoms with Crippen LogP contribution in [0.4, 0.5) is 11.5 Å². The second-order valence-corrected chi connectivity index (χ2v) is 5.72. The van der Waals surface area contributed by atoms with Crippen LogP contribution in [-0.2, 0) is 11.3 Å². The smallest absolute Gasteiger partial charge is 0.330 e. The van der Waals surface area contributed by atoms with Gasteiger partial charge in [0.1, 0.15) is 11.5 Å². The molecule has 0 fully saturated rings. The third-order valence-corrected chi connectivity index (χ3v) is 3.67. The SMILES string of the molecule is COCCn1c(N)c(NCC(C)(C)N(C)C)c(=O)[nH]c1=O. The lowest BCUT2D eigenvalue weighted by Gasteiger charge is -2.33. The van der Waals surface area contributed by atoms with Crippen LogP contribution in [0.2, 0.25) is 0 Å². The average Bonchev–Trinajstić information content (AvgIpc) is 2.37. The number of ether oxygens (including phenoxy) is 1. The molecule has 1 heterocycles. The molecule has 1 rings (SSSR count). The number of aromatic amines is 1. The molecule has 0 aliphatic heterocycles. The summed E-state index contributed by atoms with van der Waals surface area (Å²) in [5, 5.41) is 3.04. The van der Waals surface area contributed by atoms with Gasteiger partial charge in [-0.1, -0.05) is 0 Å². The summed E-state index contributed by atoms with van der Waals surface area (Å²) in [7, 11) is 5.44. The van der Waals surface area contributed by atoms with E-state index in [0.717, 1.165) is 0 Å². The standard InChI is InChI=1S/C13H25N5O3/c1-13(2,17(3)4)8-15-9-10(14)18(6-7-21-5)12(20)16-11(9)19/h15H,6-8,14H2,1-5H3,(H,16,19,20). The molecular formula is C13H25N5O3. The summed E-state index contributed by atoms with van der Waals surface area (Å²) in [5.41, 5.74) is 4.93. The lowest BCUT2D eigenvalue weighted by Crippen LogP contribution is -2.45. The molecule has 4 N–H and O–H groups in total. The molecule has 0 amide bonds. The number of hydrogen-bond acceptors (Lipinski definition) is 6. The van der Waals surface area contributed by atoms with Gasteiger partial charge in [-0.25, -0.2) is 4.79 Å². The van der Waals surface area contributed by atoms with Gasteiger partial charge in [0, 0.05) is 19.2 Å². The normalized spacial score (nSPS) is 11.9. The summed E-state index contributed by atoms with van der Waals surface area (Å²) in [6.45, 7) is 5.19. The number of nitrogens with one attached hydrogen (secondary N) is 2. The zero-order valence-corrected chi connectivity index (χ0v) is 13.3. The Hall–Kier alpha value is -1.80. The van der Waals surface area contributed by atoms with E-state index in [9.17, 15) is 9.59 Å². The Balaban J connectivity index is 3.08. The molecule has 0 aromatic carbocycles. The van der Waals surface area contributed by atoms with Crippen LogP contribution >= 0.6 is 0 Å². The van der Waals surface area contributed by atoms with Crippen molar-refractivity contribution < 1.29 is 4.74 Å². The van der Waals surface area contributed by atoms with Gasteiger partial charge < -0.3 is 20.7 Å². The van der Waals surface area contributed by atoms with Crippen molar-refractivity contribution in [3.63, 3.8) is 0 Å². The fourth-order valence-corrected chi connectivity index (χ4v) is 1.63. The average molecular weight is 299 g/mol. The van der Waals surface area contributed by atoms with Crippen LogP contribution in [0.5, 0.6) is 0 Å². The molecule has 0 atom stereocenters. The highest BCUT2D eigenvalue weighted by Gasteiger charge is 2.21. The van der Waals surface area contributed by atoms with Crippen LogP contribution < -0.4 is 22.3 Å². The lowest BCUT2D eigenvalue weighted by molar-refractivity contribution is 0.186. The van der Waals surface area contributed by atoms with E-state index in [1.54, 1.807) is 0 Å². The molecule has 0 unspecified atom stereocenters. The maximum Gasteiger partial charge on any atom is 0.330 e. The molecule has 120 valence electrons. The lowest BCUT2D eigenvalue weighted by atomic mass is 10.0. The Labute approximate surface area is 123 Å². The maximum absolute atomic E-state index is 11.9. The summed E-state index contributed by atoms with van der Waals surface area (Å²) in [6.07, 6.45) is 0. The number of H-pyrrole nitrogens is 1. The third-order valence-electron chi connectivity index (χ3n) is 3.67. The highest BCUT2D eigenvalue weighted by atomic mass is 16.5. The number of hydrogen-bond donors (Lipinski definition) is 3. The van der Waals surface area contributed by atoms with E-state index in [2.05, 4.69) is 10.3 Å². The first-order valence-electron chi connectivity index (χ1n) is 6.73. The quantitative estimate of drug-likeness (QED) is 0.628. The van der Waals surface area contributed by atoms with Gasteiger partial charge in [-0.3, -0.25) is 14.3 Å². The van der Waals surface area contributed by atoms with Crippen molar-refractivity contribution in [3.05, 3.63) is 20.8 Å². The van der Waals surface area contributed by atoms with Gasteiger partial charge in [-0.05, 0) is 27.9 Å². The minimum atomic E-state index is -0.535. The number of rotatable bonds is 7. The van der Waals surface area contributed by atoms with Crippen LogP contribution in [-0.4, -0.2) is 54.3 Å². The van der Waals surface area contributed by atoms with E-state index in [4.69, 9.17) is 10.5 Å². The summed E-state index contributed by atoms with van der Waals surface area (Å²) < 4.78 is 6.22. The van der Waals surface area contributed by atoms with Crippen molar-refractivity contribution in [3.8, 4) is 0 Å². The second kappa shape index (κ2) is 6.77. The molecule has 0 aliphatic carbocycles. The van der Waals surface area contributed by atoms with Crippen LogP contribution in [0.1, 0.15) is 13.8 Å². The van der Waals surface area contributed by atoms with Crippen molar-refractivity contribution in [2.24, 2.45) is 0 Å². The Morgan fingerprint density at radius 2 is 2.00 bits per heavy atom. The molecule has 1 aromatic rings. The fraction of sp³-hybridized carbons (Fsp3) is 0.692. The van der Waals surface area contributed by atoms with Crippen LogP contribution in [0.25, 0.3) is 0 Å². The van der Waals surface area contributed by atoms with Gasteiger partial charge in [-0.2, -0.15) is 0 Å². The minimum absolute atomic E-state index is 0.121. The molecule has 1 aromatic heterocycles. The molecule has 8 heteroatoms. The molecule has 0 saturated heterocycles. The van der Waals surface area contributed by atoms with Crippen molar-refractivity contribution in [1.29, 1.82) is 0 Å². The Morgan fingerprint density at radius 3 is 2.52 bits per heavy atom. The second-order valence-electron chi connectivity index (χ2n) is 5.72. The van der Waals surface area contributed by atoms with Gasteiger partial charge >= 0.3 is 5.69 Å². The van der Waals surface area contributed by atoms with E-state index in [1.165, 1.54) is 11.7 Å². The van der Waals surface area contributed by atoms with E-state index < -0.39 is 11.2 Å². The van der Waals surface area contributed by atoms with Gasteiger partial charge in [0.15, 0.2) is 0 Å². The summed E-state index contributed by atoms with van der Waals surface area (Å²) in [4.78, 5) is 28.0. The highest BCUT2D eigenvalue weighted by Crippen LogP contribution is 2.14. The molecule has 0 saturated carbocycles. The molecular weight excluding hydrogens is 274 g/mol. The van der Waals surface area contributed by atoms with Crippen molar-refractivity contribution in [2.45, 2.75) is 25.9 Å². The van der Waals surface area contributed by atoms with Crippen LogP contribution in [0.15, 0.2) is 9.59 Å². The van der Waals surface area contributed by atoms with Crippen LogP contribution in [0.3, 0.4) is 0 Å². The van der Waals surface area contributed by atoms with Crippen molar-refractivity contribution in [2.75, 3.05) is 45.4 Å². The number of anilines is 2. The van der Waals surface area contributed by atoms with Gasteiger partial charge in [0.25, 0.3) is 5.56 Å². The first-order valence-corrected chi connectivity index (χ1v) is 6.73. The third kappa shape index (κ3) is 4.08. The number of aromatic nitrogens is 2. The first-order chi connectivity index (χ1) is 9.70. The number of nitrogen functional groups attached to an aromatic ring is 1. The Bertz CT molecular complexity index is 588. The predicted octanol–water partition coefficient (Wildman–Crippen LogP) is -0.483. The number of nitrogens with zero attached hydrogens (tertiary/aromatic N) is 2. The van der Waals surface area contributed by atoms with E-state index >= 15 is 0 Å². The number of methoxy groups -OCH3 is 1. The van der Waals surface area contributed by atoms with Crippen molar-refractivity contribution >= 4 is 11.5 Å². The molecule has 0 spiro atoms. The molecule has 0 aliphatic rings.